The summed E-state index contributed by atoms with van der Waals surface area (Å²) in [6, 6.07) is 14.8. The first kappa shape index (κ1) is 18.7. The molecule has 1 amide bonds. The lowest BCUT2D eigenvalue weighted by atomic mass is 10.1. The average Bonchev–Trinajstić information content (AvgIpc) is 2.66. The summed E-state index contributed by atoms with van der Waals surface area (Å²) in [6.07, 6.45) is -4.52. The topological polar surface area (TPSA) is 45.2 Å². The summed E-state index contributed by atoms with van der Waals surface area (Å²) in [5.41, 5.74) is 1.22. The number of amides is 1. The Morgan fingerprint density at radius 1 is 1.11 bits per heavy atom. The number of carbonyl (C=O) groups is 1. The number of halogens is 3. The number of alkyl halides is 3. The second-order valence-corrected chi connectivity index (χ2v) is 6.17. The Bertz CT molecular complexity index is 968. The number of hydrogen-bond acceptors (Lipinski definition) is 3. The van der Waals surface area contributed by atoms with Gasteiger partial charge < -0.3 is 10.2 Å². The van der Waals surface area contributed by atoms with Crippen molar-refractivity contribution >= 4 is 22.5 Å². The van der Waals surface area contributed by atoms with E-state index in [0.717, 1.165) is 11.6 Å². The molecule has 0 bridgehead atoms. The molecule has 1 N–H and O–H groups in total. The monoisotopic (exact) mass is 373 g/mol. The quantitative estimate of drug-likeness (QED) is 0.744. The Hall–Kier alpha value is -3.09. The smallest absolute Gasteiger partial charge is 0.370 e. The van der Waals surface area contributed by atoms with Gasteiger partial charge in [0.15, 0.2) is 0 Å². The lowest BCUT2D eigenvalue weighted by Gasteiger charge is -2.22. The van der Waals surface area contributed by atoms with Gasteiger partial charge in [0.1, 0.15) is 5.69 Å². The minimum absolute atomic E-state index is 0.190. The van der Waals surface area contributed by atoms with Crippen LogP contribution in [0.4, 0.5) is 18.9 Å². The third-order valence-electron chi connectivity index (χ3n) is 4.26. The highest BCUT2D eigenvalue weighted by atomic mass is 19.4. The van der Waals surface area contributed by atoms with Crippen LogP contribution in [0.25, 0.3) is 10.9 Å². The SMILES string of the molecule is CNC(=O)c1ccc(CN(C)c2cc(C(F)(F)F)nc3ccccc23)cc1. The van der Waals surface area contributed by atoms with Crippen LogP contribution >= 0.6 is 0 Å². The van der Waals surface area contributed by atoms with Crippen molar-refractivity contribution in [2.45, 2.75) is 12.7 Å². The molecule has 4 nitrogen and oxygen atoms in total. The predicted octanol–water partition coefficient (Wildman–Crippen LogP) is 4.25. The van der Waals surface area contributed by atoms with Gasteiger partial charge in [0.2, 0.25) is 0 Å². The molecule has 3 rings (SSSR count). The van der Waals surface area contributed by atoms with Crippen LogP contribution in [0.3, 0.4) is 0 Å². The fraction of sp³-hybridized carbons (Fsp3) is 0.200. The molecule has 3 aromatic rings. The van der Waals surface area contributed by atoms with Gasteiger partial charge in [-0.05, 0) is 29.8 Å². The Kier molecular flexibility index (Phi) is 5.03. The van der Waals surface area contributed by atoms with E-state index in [1.165, 1.54) is 0 Å². The summed E-state index contributed by atoms with van der Waals surface area (Å²) in [5.74, 6) is -0.190. The zero-order valence-corrected chi connectivity index (χ0v) is 14.8. The van der Waals surface area contributed by atoms with E-state index < -0.39 is 11.9 Å². The highest BCUT2D eigenvalue weighted by Gasteiger charge is 2.33. The Balaban J connectivity index is 1.95. The van der Waals surface area contributed by atoms with E-state index in [2.05, 4.69) is 10.3 Å². The van der Waals surface area contributed by atoms with Crippen molar-refractivity contribution in [1.29, 1.82) is 0 Å². The number of para-hydroxylation sites is 1. The van der Waals surface area contributed by atoms with E-state index in [1.807, 2.05) is 0 Å². The number of anilines is 1. The number of carbonyl (C=O) groups excluding carboxylic acids is 1. The molecule has 0 aliphatic carbocycles. The van der Waals surface area contributed by atoms with Crippen LogP contribution in [0.5, 0.6) is 0 Å². The van der Waals surface area contributed by atoms with Gasteiger partial charge in [0.05, 0.1) is 5.52 Å². The first-order valence-corrected chi connectivity index (χ1v) is 8.28. The van der Waals surface area contributed by atoms with Crippen molar-refractivity contribution in [3.8, 4) is 0 Å². The van der Waals surface area contributed by atoms with E-state index in [9.17, 15) is 18.0 Å². The average molecular weight is 373 g/mol. The minimum Gasteiger partial charge on any atom is -0.370 e. The number of pyridine rings is 1. The molecule has 0 aliphatic rings. The summed E-state index contributed by atoms with van der Waals surface area (Å²) in [7, 11) is 3.28. The van der Waals surface area contributed by atoms with Gasteiger partial charge in [-0.2, -0.15) is 13.2 Å². The standard InChI is InChI=1S/C20H18F3N3O/c1-24-19(27)14-9-7-13(8-10-14)12-26(2)17-11-18(20(21,22)23)25-16-6-4-3-5-15(16)17/h3-11H,12H2,1-2H3,(H,24,27). The van der Waals surface area contributed by atoms with Crippen LogP contribution in [0, 0.1) is 0 Å². The summed E-state index contributed by atoms with van der Waals surface area (Å²) < 4.78 is 39.7. The Morgan fingerprint density at radius 2 is 1.78 bits per heavy atom. The molecule has 0 radical (unpaired) electrons. The van der Waals surface area contributed by atoms with Crippen molar-refractivity contribution in [3.63, 3.8) is 0 Å². The van der Waals surface area contributed by atoms with Gasteiger partial charge in [-0.1, -0.05) is 30.3 Å². The molecule has 0 saturated carbocycles. The van der Waals surface area contributed by atoms with E-state index >= 15 is 0 Å². The molecule has 1 heterocycles. The van der Waals surface area contributed by atoms with Crippen LogP contribution < -0.4 is 10.2 Å². The molecule has 1 aromatic heterocycles. The van der Waals surface area contributed by atoms with Crippen molar-refractivity contribution in [2.75, 3.05) is 19.0 Å². The van der Waals surface area contributed by atoms with Crippen molar-refractivity contribution < 1.29 is 18.0 Å². The lowest BCUT2D eigenvalue weighted by Crippen LogP contribution is -2.19. The molecule has 0 unspecified atom stereocenters. The van der Waals surface area contributed by atoms with Crippen LogP contribution in [0.2, 0.25) is 0 Å². The molecular formula is C20H18F3N3O. The maximum absolute atomic E-state index is 13.2. The molecule has 0 fully saturated rings. The number of nitrogens with zero attached hydrogens (tertiary/aromatic N) is 2. The second kappa shape index (κ2) is 7.26. The number of hydrogen-bond donors (Lipinski definition) is 1. The van der Waals surface area contributed by atoms with Crippen molar-refractivity contribution in [3.05, 3.63) is 71.4 Å². The highest BCUT2D eigenvalue weighted by Crippen LogP contribution is 2.34. The number of aromatic nitrogens is 1. The second-order valence-electron chi connectivity index (χ2n) is 6.17. The summed E-state index contributed by atoms with van der Waals surface area (Å²) >= 11 is 0. The van der Waals surface area contributed by atoms with Gasteiger partial charge in [0, 0.05) is 37.3 Å². The first-order chi connectivity index (χ1) is 12.8. The molecule has 27 heavy (non-hydrogen) atoms. The largest absolute Gasteiger partial charge is 0.433 e. The van der Waals surface area contributed by atoms with E-state index in [0.29, 0.717) is 28.7 Å². The summed E-state index contributed by atoms with van der Waals surface area (Å²) in [4.78, 5) is 17.1. The van der Waals surface area contributed by atoms with E-state index in [-0.39, 0.29) is 5.91 Å². The number of nitrogens with one attached hydrogen (secondary N) is 1. The fourth-order valence-electron chi connectivity index (χ4n) is 2.88. The molecule has 0 aliphatic heterocycles. The molecule has 140 valence electrons. The van der Waals surface area contributed by atoms with Crippen LogP contribution in [0.1, 0.15) is 21.6 Å². The third kappa shape index (κ3) is 4.02. The van der Waals surface area contributed by atoms with Gasteiger partial charge in [-0.3, -0.25) is 4.79 Å². The van der Waals surface area contributed by atoms with Gasteiger partial charge >= 0.3 is 6.18 Å². The van der Waals surface area contributed by atoms with Crippen molar-refractivity contribution in [1.82, 2.24) is 10.3 Å². The Morgan fingerprint density at radius 3 is 2.41 bits per heavy atom. The van der Waals surface area contributed by atoms with Crippen molar-refractivity contribution in [2.24, 2.45) is 0 Å². The molecule has 2 aromatic carbocycles. The normalized spacial score (nSPS) is 11.4. The zero-order chi connectivity index (χ0) is 19.6. The summed E-state index contributed by atoms with van der Waals surface area (Å²) in [5, 5.41) is 3.19. The first-order valence-electron chi connectivity index (χ1n) is 8.28. The van der Waals surface area contributed by atoms with Gasteiger partial charge in [-0.15, -0.1) is 0 Å². The van der Waals surface area contributed by atoms with Gasteiger partial charge in [-0.25, -0.2) is 4.98 Å². The van der Waals surface area contributed by atoms with E-state index in [1.54, 1.807) is 67.5 Å². The maximum Gasteiger partial charge on any atom is 0.433 e. The van der Waals surface area contributed by atoms with Crippen LogP contribution in [-0.4, -0.2) is 25.0 Å². The molecule has 0 saturated heterocycles. The number of rotatable bonds is 4. The fourth-order valence-corrected chi connectivity index (χ4v) is 2.88. The van der Waals surface area contributed by atoms with Gasteiger partial charge in [0.25, 0.3) is 5.91 Å². The number of benzene rings is 2. The summed E-state index contributed by atoms with van der Waals surface area (Å²) in [6.45, 7) is 0.388. The Labute approximate surface area is 154 Å². The van der Waals surface area contributed by atoms with Crippen LogP contribution in [0.15, 0.2) is 54.6 Å². The molecule has 0 atom stereocenters. The predicted molar refractivity (Wildman–Crippen MR) is 98.7 cm³/mol. The minimum atomic E-state index is -4.52. The highest BCUT2D eigenvalue weighted by molar-refractivity contribution is 5.94. The molecule has 7 heteroatoms. The number of fused-ring (bicyclic) bond motifs is 1. The molecular weight excluding hydrogens is 355 g/mol. The van der Waals surface area contributed by atoms with E-state index in [4.69, 9.17) is 0 Å². The lowest BCUT2D eigenvalue weighted by molar-refractivity contribution is -0.140. The zero-order valence-electron chi connectivity index (χ0n) is 14.8. The molecule has 0 spiro atoms. The third-order valence-corrected chi connectivity index (χ3v) is 4.26. The maximum atomic E-state index is 13.2. The van der Waals surface area contributed by atoms with Crippen LogP contribution in [-0.2, 0) is 12.7 Å².